The number of hydrogen-bond acceptors (Lipinski definition) is 4. The molecule has 0 saturated carbocycles. The van der Waals surface area contributed by atoms with Gasteiger partial charge >= 0.3 is 12.0 Å². The molecule has 1 aromatic heterocycles. The highest BCUT2D eigenvalue weighted by atomic mass is 16.4. The van der Waals surface area contributed by atoms with Crippen LogP contribution in [0.25, 0.3) is 0 Å². The zero-order valence-electron chi connectivity index (χ0n) is 13.7. The molecule has 0 aliphatic carbocycles. The molecule has 2 amide bonds. The third kappa shape index (κ3) is 5.12. The minimum atomic E-state index is -0.912. The molecule has 0 bridgehead atoms. The van der Waals surface area contributed by atoms with Crippen LogP contribution in [-0.4, -0.2) is 53.7 Å². The van der Waals surface area contributed by atoms with Gasteiger partial charge in [0.05, 0.1) is 6.42 Å². The lowest BCUT2D eigenvalue weighted by Gasteiger charge is -2.19. The number of carboxylic acid groups (broad SMARTS) is 1. The van der Waals surface area contributed by atoms with Gasteiger partial charge in [0, 0.05) is 38.9 Å². The second-order valence-electron chi connectivity index (χ2n) is 5.89. The first kappa shape index (κ1) is 17.1. The highest BCUT2D eigenvalue weighted by Crippen LogP contribution is 2.19. The van der Waals surface area contributed by atoms with Crippen molar-refractivity contribution in [3.63, 3.8) is 0 Å². The molecule has 0 atom stereocenters. The summed E-state index contributed by atoms with van der Waals surface area (Å²) in [4.78, 5) is 30.7. The Morgan fingerprint density at radius 1 is 1.35 bits per heavy atom. The zero-order valence-corrected chi connectivity index (χ0v) is 13.7. The molecular weight excluding hydrogens is 296 g/mol. The molecule has 2 N–H and O–H groups in total. The van der Waals surface area contributed by atoms with Crippen LogP contribution in [-0.2, 0) is 11.3 Å². The van der Waals surface area contributed by atoms with Crippen molar-refractivity contribution in [2.45, 2.75) is 32.7 Å². The fourth-order valence-electron chi connectivity index (χ4n) is 2.61. The van der Waals surface area contributed by atoms with Crippen LogP contribution in [0.4, 0.5) is 10.6 Å². The Balaban J connectivity index is 1.92. The molecule has 0 aromatic carbocycles. The first-order valence-electron chi connectivity index (χ1n) is 7.89. The van der Waals surface area contributed by atoms with Crippen LogP contribution in [0.5, 0.6) is 0 Å². The molecule has 1 aromatic rings. The molecule has 7 heteroatoms. The molecule has 1 aliphatic rings. The van der Waals surface area contributed by atoms with Gasteiger partial charge in [0.2, 0.25) is 0 Å². The molecule has 0 radical (unpaired) electrons. The predicted octanol–water partition coefficient (Wildman–Crippen LogP) is 1.61. The van der Waals surface area contributed by atoms with Crippen LogP contribution in [0.2, 0.25) is 0 Å². The summed E-state index contributed by atoms with van der Waals surface area (Å²) in [5.41, 5.74) is 1.93. The summed E-state index contributed by atoms with van der Waals surface area (Å²) < 4.78 is 0. The summed E-state index contributed by atoms with van der Waals surface area (Å²) in [5, 5.41) is 11.5. The SMILES string of the molecule is Cc1cc(CNC(=O)N(C)CCC(=O)O)cc(N2CCCC2)n1. The van der Waals surface area contributed by atoms with Crippen LogP contribution in [0, 0.1) is 6.92 Å². The first-order chi connectivity index (χ1) is 11.0. The maximum Gasteiger partial charge on any atom is 0.317 e. The Bertz CT molecular complexity index is 570. The van der Waals surface area contributed by atoms with Crippen molar-refractivity contribution >= 4 is 17.8 Å². The third-order valence-corrected chi connectivity index (χ3v) is 3.88. The van der Waals surface area contributed by atoms with Gasteiger partial charge in [0.1, 0.15) is 5.82 Å². The van der Waals surface area contributed by atoms with Crippen LogP contribution in [0.3, 0.4) is 0 Å². The Hall–Kier alpha value is -2.31. The van der Waals surface area contributed by atoms with Crippen molar-refractivity contribution < 1.29 is 14.7 Å². The van der Waals surface area contributed by atoms with Gasteiger partial charge in [-0.1, -0.05) is 0 Å². The Morgan fingerprint density at radius 3 is 2.70 bits per heavy atom. The van der Waals surface area contributed by atoms with Crippen molar-refractivity contribution in [1.29, 1.82) is 0 Å². The predicted molar refractivity (Wildman–Crippen MR) is 87.5 cm³/mol. The van der Waals surface area contributed by atoms with E-state index in [1.165, 1.54) is 17.7 Å². The van der Waals surface area contributed by atoms with E-state index in [1.807, 2.05) is 19.1 Å². The average Bonchev–Trinajstić information content (AvgIpc) is 3.04. The van der Waals surface area contributed by atoms with Gasteiger partial charge in [0.25, 0.3) is 0 Å². The van der Waals surface area contributed by atoms with E-state index in [-0.39, 0.29) is 19.0 Å². The monoisotopic (exact) mass is 320 g/mol. The van der Waals surface area contributed by atoms with E-state index in [9.17, 15) is 9.59 Å². The Morgan fingerprint density at radius 2 is 2.04 bits per heavy atom. The lowest BCUT2D eigenvalue weighted by Crippen LogP contribution is -2.38. The second-order valence-corrected chi connectivity index (χ2v) is 5.89. The number of pyridine rings is 1. The third-order valence-electron chi connectivity index (χ3n) is 3.88. The number of anilines is 1. The van der Waals surface area contributed by atoms with E-state index < -0.39 is 5.97 Å². The molecule has 126 valence electrons. The normalized spacial score (nSPS) is 13.9. The van der Waals surface area contributed by atoms with E-state index in [0.717, 1.165) is 30.2 Å². The molecule has 2 rings (SSSR count). The molecule has 0 unspecified atom stereocenters. The summed E-state index contributed by atoms with van der Waals surface area (Å²) >= 11 is 0. The number of nitrogens with zero attached hydrogens (tertiary/aromatic N) is 3. The fourth-order valence-corrected chi connectivity index (χ4v) is 2.61. The van der Waals surface area contributed by atoms with E-state index in [0.29, 0.717) is 6.54 Å². The molecule has 2 heterocycles. The highest BCUT2D eigenvalue weighted by Gasteiger charge is 2.15. The number of aryl methyl sites for hydroxylation is 1. The topological polar surface area (TPSA) is 85.8 Å². The number of carbonyl (C=O) groups excluding carboxylic acids is 1. The number of hydrogen-bond donors (Lipinski definition) is 2. The molecule has 1 aliphatic heterocycles. The lowest BCUT2D eigenvalue weighted by molar-refractivity contribution is -0.137. The number of aromatic nitrogens is 1. The minimum absolute atomic E-state index is 0.0581. The Labute approximate surface area is 136 Å². The van der Waals surface area contributed by atoms with Crippen molar-refractivity contribution in [3.05, 3.63) is 23.4 Å². The Kier molecular flexibility index (Phi) is 5.78. The maximum atomic E-state index is 12.0. The van der Waals surface area contributed by atoms with Gasteiger partial charge in [-0.2, -0.15) is 0 Å². The number of nitrogens with one attached hydrogen (secondary N) is 1. The second kappa shape index (κ2) is 7.80. The van der Waals surface area contributed by atoms with Crippen molar-refractivity contribution in [1.82, 2.24) is 15.2 Å². The number of urea groups is 1. The van der Waals surface area contributed by atoms with Crippen LogP contribution < -0.4 is 10.2 Å². The number of rotatable bonds is 6. The quantitative estimate of drug-likeness (QED) is 0.831. The molecule has 1 fully saturated rings. The minimum Gasteiger partial charge on any atom is -0.481 e. The van der Waals surface area contributed by atoms with Crippen LogP contribution in [0.15, 0.2) is 12.1 Å². The number of amides is 2. The van der Waals surface area contributed by atoms with Gasteiger partial charge in [-0.25, -0.2) is 9.78 Å². The van der Waals surface area contributed by atoms with Gasteiger partial charge in [-0.3, -0.25) is 4.79 Å². The molecule has 0 spiro atoms. The largest absolute Gasteiger partial charge is 0.481 e. The summed E-state index contributed by atoms with van der Waals surface area (Å²) in [5.74, 6) is 0.0515. The zero-order chi connectivity index (χ0) is 16.8. The summed E-state index contributed by atoms with van der Waals surface area (Å²) in [7, 11) is 1.59. The van der Waals surface area contributed by atoms with E-state index in [1.54, 1.807) is 7.05 Å². The van der Waals surface area contributed by atoms with Gasteiger partial charge in [-0.15, -0.1) is 0 Å². The number of aliphatic carboxylic acids is 1. The summed E-state index contributed by atoms with van der Waals surface area (Å²) in [6, 6.07) is 3.69. The summed E-state index contributed by atoms with van der Waals surface area (Å²) in [6.07, 6.45) is 2.32. The van der Waals surface area contributed by atoms with Crippen molar-refractivity contribution in [2.24, 2.45) is 0 Å². The maximum absolute atomic E-state index is 12.0. The standard InChI is InChI=1S/C16H24N4O3/c1-12-9-13(10-14(18-12)20-6-3-4-7-20)11-17-16(23)19(2)8-5-15(21)22/h9-10H,3-8,11H2,1-2H3,(H,17,23)(H,21,22). The van der Waals surface area contributed by atoms with Crippen LogP contribution in [0.1, 0.15) is 30.5 Å². The molecule has 23 heavy (non-hydrogen) atoms. The smallest absolute Gasteiger partial charge is 0.317 e. The molecule has 1 saturated heterocycles. The van der Waals surface area contributed by atoms with E-state index >= 15 is 0 Å². The first-order valence-corrected chi connectivity index (χ1v) is 7.89. The van der Waals surface area contributed by atoms with Crippen molar-refractivity contribution in [2.75, 3.05) is 31.6 Å². The van der Waals surface area contributed by atoms with Gasteiger partial charge in [0.15, 0.2) is 0 Å². The van der Waals surface area contributed by atoms with Gasteiger partial charge in [-0.05, 0) is 37.5 Å². The van der Waals surface area contributed by atoms with E-state index in [2.05, 4.69) is 15.2 Å². The average molecular weight is 320 g/mol. The number of carboxylic acids is 1. The fraction of sp³-hybridized carbons (Fsp3) is 0.562. The van der Waals surface area contributed by atoms with Crippen LogP contribution >= 0.6 is 0 Å². The van der Waals surface area contributed by atoms with Gasteiger partial charge < -0.3 is 20.2 Å². The van der Waals surface area contributed by atoms with E-state index in [4.69, 9.17) is 5.11 Å². The lowest BCUT2D eigenvalue weighted by atomic mass is 10.2. The molecule has 7 nitrogen and oxygen atoms in total. The number of carbonyl (C=O) groups is 2. The molecular formula is C16H24N4O3. The summed E-state index contributed by atoms with van der Waals surface area (Å²) in [6.45, 7) is 4.60. The highest BCUT2D eigenvalue weighted by molar-refractivity contribution is 5.75. The van der Waals surface area contributed by atoms with Crippen molar-refractivity contribution in [3.8, 4) is 0 Å².